The van der Waals surface area contributed by atoms with Crippen molar-refractivity contribution in [3.63, 3.8) is 0 Å². The molecule has 0 unspecified atom stereocenters. The molecule has 2 aromatic carbocycles. The topological polar surface area (TPSA) is 32.7 Å². The maximum Gasteiger partial charge on any atom is 0.0976 e. The smallest absolute Gasteiger partial charge is 0.0976 e. The number of benzene rings is 2. The molecule has 1 fully saturated rings. The van der Waals surface area contributed by atoms with Crippen LogP contribution in [0.25, 0.3) is 0 Å². The molecular formula is C23H31NO2. The van der Waals surface area contributed by atoms with Crippen molar-refractivity contribution < 1.29 is 9.84 Å². The Bertz CT molecular complexity index is 664. The van der Waals surface area contributed by atoms with E-state index in [1.807, 2.05) is 6.07 Å². The van der Waals surface area contributed by atoms with Gasteiger partial charge in [-0.05, 0) is 24.5 Å². The van der Waals surface area contributed by atoms with Crippen LogP contribution in [0, 0.1) is 6.92 Å². The lowest BCUT2D eigenvalue weighted by atomic mass is 9.74. The summed E-state index contributed by atoms with van der Waals surface area (Å²) in [6.07, 6.45) is 1.69. The fraction of sp³-hybridized carbons (Fsp3) is 0.478. The number of nitrogens with zero attached hydrogens (tertiary/aromatic N) is 1. The molecule has 2 atom stereocenters. The molecule has 26 heavy (non-hydrogen) atoms. The maximum absolute atomic E-state index is 12.0. The zero-order chi connectivity index (χ0) is 18.4. The van der Waals surface area contributed by atoms with Crippen LogP contribution in [0.15, 0.2) is 54.6 Å². The summed E-state index contributed by atoms with van der Waals surface area (Å²) in [4.78, 5) is 2.43. The molecule has 1 aliphatic heterocycles. The maximum atomic E-state index is 12.0. The Labute approximate surface area is 157 Å². The van der Waals surface area contributed by atoms with E-state index in [-0.39, 0.29) is 5.92 Å². The van der Waals surface area contributed by atoms with E-state index in [1.165, 1.54) is 11.1 Å². The van der Waals surface area contributed by atoms with Crippen molar-refractivity contribution in [1.29, 1.82) is 0 Å². The van der Waals surface area contributed by atoms with Gasteiger partial charge in [-0.3, -0.25) is 4.90 Å². The second-order valence-corrected chi connectivity index (χ2v) is 7.42. The number of aryl methyl sites for hydroxylation is 1. The van der Waals surface area contributed by atoms with Gasteiger partial charge >= 0.3 is 0 Å². The van der Waals surface area contributed by atoms with E-state index in [4.69, 9.17) is 4.74 Å². The molecule has 0 radical (unpaired) electrons. The summed E-state index contributed by atoms with van der Waals surface area (Å²) in [6.45, 7) is 8.49. The quantitative estimate of drug-likeness (QED) is 0.813. The van der Waals surface area contributed by atoms with Crippen molar-refractivity contribution in [2.75, 3.05) is 32.8 Å². The van der Waals surface area contributed by atoms with E-state index in [9.17, 15) is 5.11 Å². The lowest BCUT2D eigenvalue weighted by Crippen LogP contribution is -2.45. The average molecular weight is 354 g/mol. The number of morpholine rings is 1. The molecule has 1 heterocycles. The van der Waals surface area contributed by atoms with Crippen molar-refractivity contribution in [2.45, 2.75) is 38.2 Å². The Kier molecular flexibility index (Phi) is 6.47. The van der Waals surface area contributed by atoms with Gasteiger partial charge in [0.2, 0.25) is 0 Å². The van der Waals surface area contributed by atoms with E-state index in [1.54, 1.807) is 0 Å². The highest BCUT2D eigenvalue weighted by molar-refractivity contribution is 5.33. The van der Waals surface area contributed by atoms with Gasteiger partial charge in [-0.1, -0.05) is 73.5 Å². The second-order valence-electron chi connectivity index (χ2n) is 7.42. The van der Waals surface area contributed by atoms with Crippen molar-refractivity contribution in [2.24, 2.45) is 0 Å². The van der Waals surface area contributed by atoms with Crippen LogP contribution in [0.5, 0.6) is 0 Å². The third kappa shape index (κ3) is 4.35. The predicted octanol–water partition coefficient (Wildman–Crippen LogP) is 4.10. The predicted molar refractivity (Wildman–Crippen MR) is 106 cm³/mol. The van der Waals surface area contributed by atoms with Gasteiger partial charge in [0.25, 0.3) is 0 Å². The van der Waals surface area contributed by atoms with Gasteiger partial charge in [0.15, 0.2) is 0 Å². The Morgan fingerprint density at radius 2 is 1.69 bits per heavy atom. The van der Waals surface area contributed by atoms with Crippen LogP contribution < -0.4 is 0 Å². The van der Waals surface area contributed by atoms with Crippen LogP contribution in [0.3, 0.4) is 0 Å². The van der Waals surface area contributed by atoms with Gasteiger partial charge in [-0.2, -0.15) is 0 Å². The minimum Gasteiger partial charge on any atom is -0.384 e. The van der Waals surface area contributed by atoms with Crippen molar-refractivity contribution in [1.82, 2.24) is 4.90 Å². The van der Waals surface area contributed by atoms with Crippen molar-refractivity contribution in [3.05, 3.63) is 71.3 Å². The van der Waals surface area contributed by atoms with Crippen LogP contribution in [0.2, 0.25) is 0 Å². The van der Waals surface area contributed by atoms with Gasteiger partial charge in [-0.25, -0.2) is 0 Å². The Hall–Kier alpha value is -1.68. The molecule has 0 aliphatic carbocycles. The minimum absolute atomic E-state index is 0.0319. The van der Waals surface area contributed by atoms with E-state index >= 15 is 0 Å². The first-order valence-electron chi connectivity index (χ1n) is 9.78. The molecule has 3 nitrogen and oxygen atoms in total. The van der Waals surface area contributed by atoms with Gasteiger partial charge < -0.3 is 9.84 Å². The van der Waals surface area contributed by atoms with Crippen molar-refractivity contribution in [3.8, 4) is 0 Å². The molecule has 1 saturated heterocycles. The normalized spacial score (nSPS) is 19.0. The summed E-state index contributed by atoms with van der Waals surface area (Å²) in [6, 6.07) is 18.9. The van der Waals surface area contributed by atoms with Crippen LogP contribution in [0.4, 0.5) is 0 Å². The molecule has 0 spiro atoms. The summed E-state index contributed by atoms with van der Waals surface area (Å²) in [5, 5.41) is 12.0. The molecule has 140 valence electrons. The van der Waals surface area contributed by atoms with Crippen LogP contribution in [0.1, 0.15) is 42.4 Å². The third-order valence-electron chi connectivity index (χ3n) is 5.51. The molecule has 2 aromatic rings. The molecule has 0 aromatic heterocycles. The number of hydrogen-bond donors (Lipinski definition) is 1. The van der Waals surface area contributed by atoms with Gasteiger partial charge in [0.05, 0.1) is 18.8 Å². The van der Waals surface area contributed by atoms with E-state index < -0.39 is 5.60 Å². The number of rotatable bonds is 7. The second kappa shape index (κ2) is 8.81. The minimum atomic E-state index is -0.873. The van der Waals surface area contributed by atoms with Crippen LogP contribution >= 0.6 is 0 Å². The SMILES string of the molecule is CCC[C@](O)(c1ccc(C)cc1)[C@@H](CN1CCOCC1)c1ccccc1. The molecule has 3 heteroatoms. The number of ether oxygens (including phenoxy) is 1. The Morgan fingerprint density at radius 1 is 1.04 bits per heavy atom. The molecule has 1 aliphatic rings. The Balaban J connectivity index is 1.99. The summed E-state index contributed by atoms with van der Waals surface area (Å²) >= 11 is 0. The Morgan fingerprint density at radius 3 is 2.31 bits per heavy atom. The van der Waals surface area contributed by atoms with Crippen LogP contribution in [-0.2, 0) is 10.3 Å². The first-order chi connectivity index (χ1) is 12.6. The van der Waals surface area contributed by atoms with Crippen LogP contribution in [-0.4, -0.2) is 42.9 Å². The number of hydrogen-bond acceptors (Lipinski definition) is 3. The van der Waals surface area contributed by atoms with Gasteiger partial charge in [0, 0.05) is 25.6 Å². The molecule has 0 saturated carbocycles. The molecule has 1 N–H and O–H groups in total. The monoisotopic (exact) mass is 353 g/mol. The van der Waals surface area contributed by atoms with E-state index in [2.05, 4.69) is 67.3 Å². The van der Waals surface area contributed by atoms with Crippen molar-refractivity contribution >= 4 is 0 Å². The first kappa shape index (κ1) is 19.1. The summed E-state index contributed by atoms with van der Waals surface area (Å²) in [7, 11) is 0. The molecule has 0 amide bonds. The molecular weight excluding hydrogens is 322 g/mol. The molecule has 3 rings (SSSR count). The zero-order valence-electron chi connectivity index (χ0n) is 16.0. The number of aliphatic hydroxyl groups is 1. The summed E-state index contributed by atoms with van der Waals surface area (Å²) in [5.74, 6) is 0.0319. The summed E-state index contributed by atoms with van der Waals surface area (Å²) in [5.41, 5.74) is 2.57. The van der Waals surface area contributed by atoms with E-state index in [0.717, 1.165) is 51.3 Å². The highest BCUT2D eigenvalue weighted by Crippen LogP contribution is 2.41. The summed E-state index contributed by atoms with van der Waals surface area (Å²) < 4.78 is 5.51. The third-order valence-corrected chi connectivity index (χ3v) is 5.51. The highest BCUT2D eigenvalue weighted by atomic mass is 16.5. The molecule has 0 bridgehead atoms. The highest BCUT2D eigenvalue weighted by Gasteiger charge is 2.39. The fourth-order valence-corrected chi connectivity index (χ4v) is 4.00. The van der Waals surface area contributed by atoms with E-state index in [0.29, 0.717) is 0 Å². The van der Waals surface area contributed by atoms with Gasteiger partial charge in [-0.15, -0.1) is 0 Å². The average Bonchev–Trinajstić information content (AvgIpc) is 2.68. The lowest BCUT2D eigenvalue weighted by Gasteiger charge is -2.41. The standard InChI is InChI=1S/C23H31NO2/c1-3-13-23(25,21-11-9-19(2)10-12-21)22(20-7-5-4-6-8-20)18-24-14-16-26-17-15-24/h4-12,22,25H,3,13-18H2,1-2H3/t22-,23-/m0/s1. The largest absolute Gasteiger partial charge is 0.384 e. The first-order valence-corrected chi connectivity index (χ1v) is 9.78. The lowest BCUT2D eigenvalue weighted by molar-refractivity contribution is -0.0285. The zero-order valence-corrected chi connectivity index (χ0v) is 16.0. The fourth-order valence-electron chi connectivity index (χ4n) is 4.00. The van der Waals surface area contributed by atoms with Gasteiger partial charge in [0.1, 0.15) is 0 Å².